The fraction of sp³-hybridized carbons (Fsp3) is 0.200. The number of hydrogen-bond acceptors (Lipinski definition) is 3. The van der Waals surface area contributed by atoms with Crippen LogP contribution in [-0.4, -0.2) is 28.2 Å². The predicted molar refractivity (Wildman–Crippen MR) is 102 cm³/mol. The van der Waals surface area contributed by atoms with Gasteiger partial charge in [-0.3, -0.25) is 0 Å². The molecule has 0 fully saturated rings. The summed E-state index contributed by atoms with van der Waals surface area (Å²) < 4.78 is 0. The van der Waals surface area contributed by atoms with Gasteiger partial charge in [0.2, 0.25) is 0 Å². The first-order valence-electron chi connectivity index (χ1n) is 7.80. The van der Waals surface area contributed by atoms with Crippen molar-refractivity contribution in [3.63, 3.8) is 0 Å². The molecule has 3 aromatic carbocycles. The summed E-state index contributed by atoms with van der Waals surface area (Å²) in [5.41, 5.74) is 4.65. The van der Waals surface area contributed by atoms with E-state index in [1.165, 1.54) is 22.1 Å². The lowest BCUT2D eigenvalue weighted by atomic mass is 10.1. The number of nitrogens with zero attached hydrogens (tertiary/aromatic N) is 2. The first kappa shape index (κ1) is 15.2. The van der Waals surface area contributed by atoms with Gasteiger partial charge in [-0.15, -0.1) is 0 Å². The molecule has 0 spiro atoms. The maximum absolute atomic E-state index is 3.54. The zero-order valence-corrected chi connectivity index (χ0v) is 14.2. The number of benzene rings is 3. The van der Waals surface area contributed by atoms with E-state index in [1.807, 2.05) is 0 Å². The normalized spacial score (nSPS) is 10.6. The van der Waals surface area contributed by atoms with Gasteiger partial charge in [0.1, 0.15) is 0 Å². The minimum Gasteiger partial charge on any atom is -0.378 e. The Kier molecular flexibility index (Phi) is 4.11. The lowest BCUT2D eigenvalue weighted by Crippen LogP contribution is -2.09. The third kappa shape index (κ3) is 3.09. The highest BCUT2D eigenvalue weighted by Crippen LogP contribution is 2.33. The average Bonchev–Trinajstić information content (AvgIpc) is 2.55. The molecule has 0 saturated heterocycles. The highest BCUT2D eigenvalue weighted by atomic mass is 15.1. The Morgan fingerprint density at radius 3 is 1.91 bits per heavy atom. The van der Waals surface area contributed by atoms with Crippen molar-refractivity contribution in [2.45, 2.75) is 0 Å². The van der Waals surface area contributed by atoms with E-state index < -0.39 is 0 Å². The molecule has 0 aliphatic carbocycles. The van der Waals surface area contributed by atoms with E-state index in [4.69, 9.17) is 0 Å². The van der Waals surface area contributed by atoms with Crippen molar-refractivity contribution in [1.82, 2.24) is 0 Å². The van der Waals surface area contributed by atoms with Crippen molar-refractivity contribution >= 4 is 33.5 Å². The standard InChI is InChI=1S/C20H23N3/c1-22(2)16-11-9-15(10-12-16)21-19-13-14-20(23(3)4)18-8-6-5-7-17(18)19/h5-14,21H,1-4H3. The molecule has 0 radical (unpaired) electrons. The molecular formula is C20H23N3. The van der Waals surface area contributed by atoms with Gasteiger partial charge < -0.3 is 15.1 Å². The van der Waals surface area contributed by atoms with Crippen LogP contribution in [0, 0.1) is 0 Å². The second-order valence-electron chi connectivity index (χ2n) is 6.14. The smallest absolute Gasteiger partial charge is 0.0465 e. The molecule has 3 nitrogen and oxygen atoms in total. The average molecular weight is 305 g/mol. The maximum Gasteiger partial charge on any atom is 0.0465 e. The Morgan fingerprint density at radius 1 is 0.652 bits per heavy atom. The molecule has 23 heavy (non-hydrogen) atoms. The van der Waals surface area contributed by atoms with Crippen LogP contribution < -0.4 is 15.1 Å². The first-order chi connectivity index (χ1) is 11.1. The highest BCUT2D eigenvalue weighted by molar-refractivity contribution is 6.02. The van der Waals surface area contributed by atoms with Gasteiger partial charge in [0, 0.05) is 61.7 Å². The van der Waals surface area contributed by atoms with Crippen LogP contribution in [0.3, 0.4) is 0 Å². The van der Waals surface area contributed by atoms with Gasteiger partial charge in [-0.05, 0) is 36.4 Å². The largest absolute Gasteiger partial charge is 0.378 e. The molecular weight excluding hydrogens is 282 g/mol. The summed E-state index contributed by atoms with van der Waals surface area (Å²) >= 11 is 0. The second-order valence-corrected chi connectivity index (χ2v) is 6.14. The molecule has 0 aliphatic rings. The number of hydrogen-bond donors (Lipinski definition) is 1. The van der Waals surface area contributed by atoms with Crippen LogP contribution in [-0.2, 0) is 0 Å². The van der Waals surface area contributed by atoms with E-state index in [1.54, 1.807) is 0 Å². The van der Waals surface area contributed by atoms with Crippen LogP contribution in [0.15, 0.2) is 60.7 Å². The van der Waals surface area contributed by atoms with Crippen LogP contribution in [0.4, 0.5) is 22.7 Å². The zero-order chi connectivity index (χ0) is 16.4. The van der Waals surface area contributed by atoms with Gasteiger partial charge >= 0.3 is 0 Å². The monoisotopic (exact) mass is 305 g/mol. The molecule has 118 valence electrons. The molecule has 0 amide bonds. The summed E-state index contributed by atoms with van der Waals surface area (Å²) in [4.78, 5) is 4.25. The minimum absolute atomic E-state index is 1.10. The van der Waals surface area contributed by atoms with Crippen LogP contribution in [0.25, 0.3) is 10.8 Å². The van der Waals surface area contributed by atoms with Crippen molar-refractivity contribution in [1.29, 1.82) is 0 Å². The van der Waals surface area contributed by atoms with Crippen molar-refractivity contribution in [3.8, 4) is 0 Å². The second kappa shape index (κ2) is 6.21. The fourth-order valence-electron chi connectivity index (χ4n) is 2.78. The third-order valence-electron chi connectivity index (χ3n) is 4.05. The summed E-state index contributed by atoms with van der Waals surface area (Å²) in [5, 5.41) is 6.03. The molecule has 3 aromatic rings. The molecule has 0 atom stereocenters. The van der Waals surface area contributed by atoms with E-state index in [-0.39, 0.29) is 0 Å². The van der Waals surface area contributed by atoms with Crippen molar-refractivity contribution in [2.24, 2.45) is 0 Å². The molecule has 0 heterocycles. The quantitative estimate of drug-likeness (QED) is 0.752. The van der Waals surface area contributed by atoms with Crippen molar-refractivity contribution < 1.29 is 0 Å². The summed E-state index contributed by atoms with van der Waals surface area (Å²) in [5.74, 6) is 0. The van der Waals surface area contributed by atoms with E-state index in [9.17, 15) is 0 Å². The Morgan fingerprint density at radius 2 is 1.30 bits per heavy atom. The van der Waals surface area contributed by atoms with Crippen LogP contribution in [0.1, 0.15) is 0 Å². The molecule has 3 rings (SSSR count). The number of nitrogens with one attached hydrogen (secondary N) is 1. The summed E-state index contributed by atoms with van der Waals surface area (Å²) in [7, 11) is 8.26. The molecule has 0 aliphatic heterocycles. The van der Waals surface area contributed by atoms with Crippen LogP contribution >= 0.6 is 0 Å². The summed E-state index contributed by atoms with van der Waals surface area (Å²) in [6.07, 6.45) is 0. The molecule has 1 N–H and O–H groups in total. The van der Waals surface area contributed by atoms with Gasteiger partial charge in [0.05, 0.1) is 0 Å². The summed E-state index contributed by atoms with van der Waals surface area (Å²) in [6, 6.07) is 21.3. The highest BCUT2D eigenvalue weighted by Gasteiger charge is 2.07. The molecule has 0 bridgehead atoms. The van der Waals surface area contributed by atoms with E-state index in [2.05, 4.69) is 104 Å². The Balaban J connectivity index is 1.99. The molecule has 0 saturated carbocycles. The van der Waals surface area contributed by atoms with Crippen LogP contribution in [0.2, 0.25) is 0 Å². The SMILES string of the molecule is CN(C)c1ccc(Nc2ccc(N(C)C)c3ccccc23)cc1. The molecule has 0 aromatic heterocycles. The predicted octanol–water partition coefficient (Wildman–Crippen LogP) is 4.72. The summed E-state index contributed by atoms with van der Waals surface area (Å²) in [6.45, 7) is 0. The van der Waals surface area contributed by atoms with E-state index in [0.717, 1.165) is 11.4 Å². The number of anilines is 4. The van der Waals surface area contributed by atoms with Gasteiger partial charge in [0.15, 0.2) is 0 Å². The lowest BCUT2D eigenvalue weighted by Gasteiger charge is -2.18. The number of rotatable bonds is 4. The zero-order valence-electron chi connectivity index (χ0n) is 14.2. The van der Waals surface area contributed by atoms with Crippen molar-refractivity contribution in [3.05, 3.63) is 60.7 Å². The Bertz CT molecular complexity index is 805. The fourth-order valence-corrected chi connectivity index (χ4v) is 2.78. The Labute approximate surface area is 138 Å². The Hall–Kier alpha value is -2.68. The first-order valence-corrected chi connectivity index (χ1v) is 7.80. The van der Waals surface area contributed by atoms with Gasteiger partial charge in [-0.25, -0.2) is 0 Å². The topological polar surface area (TPSA) is 18.5 Å². The molecule has 3 heteroatoms. The van der Waals surface area contributed by atoms with Crippen LogP contribution in [0.5, 0.6) is 0 Å². The lowest BCUT2D eigenvalue weighted by molar-refractivity contribution is 1.13. The third-order valence-corrected chi connectivity index (χ3v) is 4.05. The van der Waals surface area contributed by atoms with Gasteiger partial charge in [0.25, 0.3) is 0 Å². The van der Waals surface area contributed by atoms with E-state index in [0.29, 0.717) is 0 Å². The molecule has 0 unspecified atom stereocenters. The van der Waals surface area contributed by atoms with Gasteiger partial charge in [-0.2, -0.15) is 0 Å². The number of fused-ring (bicyclic) bond motifs is 1. The minimum atomic E-state index is 1.10. The van der Waals surface area contributed by atoms with Crippen molar-refractivity contribution in [2.75, 3.05) is 43.3 Å². The van der Waals surface area contributed by atoms with E-state index >= 15 is 0 Å². The van der Waals surface area contributed by atoms with Gasteiger partial charge in [-0.1, -0.05) is 24.3 Å². The maximum atomic E-state index is 3.54.